The van der Waals surface area contributed by atoms with E-state index < -0.39 is 0 Å². The molecule has 3 aromatic rings. The van der Waals surface area contributed by atoms with Crippen molar-refractivity contribution < 1.29 is 23.7 Å². The number of fused-ring (bicyclic) bond motifs is 1. The highest BCUT2D eigenvalue weighted by Crippen LogP contribution is 2.39. The molecule has 1 aliphatic rings. The summed E-state index contributed by atoms with van der Waals surface area (Å²) in [7, 11) is 3.09. The molecule has 208 valence electrons. The average molecular weight is 548 g/mol. The zero-order valence-electron chi connectivity index (χ0n) is 22.6. The Labute approximate surface area is 229 Å². The van der Waals surface area contributed by atoms with E-state index >= 15 is 0 Å². The van der Waals surface area contributed by atoms with Gasteiger partial charge in [-0.15, -0.1) is 22.6 Å². The summed E-state index contributed by atoms with van der Waals surface area (Å²) in [5, 5.41) is 17.3. The second-order valence-electron chi connectivity index (χ2n) is 9.43. The van der Waals surface area contributed by atoms with Gasteiger partial charge in [-0.25, -0.2) is 4.68 Å². The monoisotopic (exact) mass is 547 g/mol. The quantitative estimate of drug-likeness (QED) is 0.322. The van der Waals surface area contributed by atoms with Gasteiger partial charge in [0.25, 0.3) is 0 Å². The fourth-order valence-corrected chi connectivity index (χ4v) is 4.70. The number of methoxy groups -OCH3 is 2. The van der Waals surface area contributed by atoms with E-state index in [0.717, 1.165) is 25.7 Å². The number of nitrogens with one attached hydrogen (secondary N) is 1. The summed E-state index contributed by atoms with van der Waals surface area (Å²) in [5.74, 6) is 2.04. The van der Waals surface area contributed by atoms with Gasteiger partial charge in [0.05, 0.1) is 26.9 Å². The Balaban J connectivity index is 0.00000400. The van der Waals surface area contributed by atoms with E-state index in [1.54, 1.807) is 31.4 Å². The first-order chi connectivity index (χ1) is 18.0. The molecule has 0 aliphatic heterocycles. The van der Waals surface area contributed by atoms with Crippen molar-refractivity contribution in [3.8, 4) is 23.1 Å². The predicted octanol–water partition coefficient (Wildman–Crippen LogP) is 4.86. The van der Waals surface area contributed by atoms with Crippen LogP contribution < -0.4 is 24.6 Å². The Morgan fingerprint density at radius 3 is 2.42 bits per heavy atom. The highest BCUT2D eigenvalue weighted by molar-refractivity contribution is 5.97. The van der Waals surface area contributed by atoms with Gasteiger partial charge in [-0.2, -0.15) is 4.52 Å². The molecule has 38 heavy (non-hydrogen) atoms. The van der Waals surface area contributed by atoms with Gasteiger partial charge >= 0.3 is 0 Å². The summed E-state index contributed by atoms with van der Waals surface area (Å²) >= 11 is 0. The minimum absolute atomic E-state index is 0. The second-order valence-corrected chi connectivity index (χ2v) is 9.43. The van der Waals surface area contributed by atoms with Gasteiger partial charge in [0.15, 0.2) is 22.9 Å². The summed E-state index contributed by atoms with van der Waals surface area (Å²) in [4.78, 5) is 13.3. The Kier molecular flexibility index (Phi) is 10.4. The Bertz CT molecular complexity index is 1280. The number of ketones is 1. The summed E-state index contributed by atoms with van der Waals surface area (Å²) < 4.78 is 25.8. The summed E-state index contributed by atoms with van der Waals surface area (Å²) in [6.45, 7) is 4.55. The molecule has 4 rings (SSSR count). The maximum Gasteiger partial charge on any atom is 0.242 e. The molecule has 1 fully saturated rings. The van der Waals surface area contributed by atoms with Crippen LogP contribution in [0.25, 0.3) is 5.65 Å². The van der Waals surface area contributed by atoms with Gasteiger partial charge in [0, 0.05) is 11.6 Å². The van der Waals surface area contributed by atoms with Crippen molar-refractivity contribution in [2.24, 2.45) is 5.92 Å². The van der Waals surface area contributed by atoms with Crippen molar-refractivity contribution in [3.05, 3.63) is 35.4 Å². The molecule has 0 atom stereocenters. The van der Waals surface area contributed by atoms with E-state index in [0.29, 0.717) is 46.9 Å². The molecule has 10 nitrogen and oxygen atoms in total. The number of halogens is 1. The maximum atomic E-state index is 13.3. The molecule has 1 aromatic carbocycles. The molecule has 1 N–H and O–H groups in total. The molecule has 2 heterocycles. The fourth-order valence-electron chi connectivity index (χ4n) is 4.70. The normalized spacial score (nSPS) is 13.8. The number of rotatable bonds is 12. The third kappa shape index (κ3) is 6.59. The van der Waals surface area contributed by atoms with E-state index in [-0.39, 0.29) is 36.5 Å². The zero-order chi connectivity index (χ0) is 26.4. The molecular formula is C27H38ClN5O5. The second kappa shape index (κ2) is 13.5. The molecular weight excluding hydrogens is 510 g/mol. The molecule has 1 saturated carbocycles. The van der Waals surface area contributed by atoms with E-state index in [1.165, 1.54) is 35.6 Å². The van der Waals surface area contributed by atoms with Gasteiger partial charge in [-0.3, -0.25) is 10.2 Å². The predicted molar refractivity (Wildman–Crippen MR) is 145 cm³/mol. The molecule has 0 unspecified atom stereocenters. The number of carbonyl (C=O) groups is 1. The number of ether oxygens (including phenoxy) is 4. The van der Waals surface area contributed by atoms with Crippen molar-refractivity contribution in [2.75, 3.05) is 20.8 Å². The first-order valence-corrected chi connectivity index (χ1v) is 13.1. The summed E-state index contributed by atoms with van der Waals surface area (Å²) in [6, 6.07) is 6.79. The van der Waals surface area contributed by atoms with Crippen LogP contribution in [0.1, 0.15) is 69.2 Å². The highest BCUT2D eigenvalue weighted by Gasteiger charge is 2.21. The molecule has 2 aromatic heterocycles. The third-order valence-corrected chi connectivity index (χ3v) is 6.92. The number of nitrogens with zero attached hydrogens (tertiary/aromatic N) is 4. The van der Waals surface area contributed by atoms with Gasteiger partial charge < -0.3 is 18.9 Å². The molecule has 0 spiro atoms. The summed E-state index contributed by atoms with van der Waals surface area (Å²) in [5.41, 5.74) is 0.831. The zero-order valence-corrected chi connectivity index (χ0v) is 23.4. The van der Waals surface area contributed by atoms with Gasteiger partial charge in [0.1, 0.15) is 6.54 Å². The summed E-state index contributed by atoms with van der Waals surface area (Å²) in [6.07, 6.45) is 7.78. The number of Topliss-reactive ketones (excluding diaryl/α,β-unsaturated/α-hetero) is 1. The van der Waals surface area contributed by atoms with Crippen LogP contribution in [0.2, 0.25) is 0 Å². The Hall–Kier alpha value is -3.27. The number of hydrogen-bond donors (Lipinski definition) is 1. The highest BCUT2D eigenvalue weighted by atomic mass is 35.5. The number of benzene rings is 1. The van der Waals surface area contributed by atoms with Gasteiger partial charge in [-0.1, -0.05) is 33.1 Å². The lowest BCUT2D eigenvalue weighted by molar-refractivity contribution is 0.0964. The molecule has 0 bridgehead atoms. The van der Waals surface area contributed by atoms with Crippen LogP contribution in [-0.4, -0.2) is 52.1 Å². The number of carbonyl (C=O) groups excluding carboxylic acids is 1. The standard InChI is InChI=1S/C27H37N5O5.ClH/c1-5-20(6-2)37-25-13-12-24-29-31(27(28)32(24)30-25)16-21(33)19-14-22(34-3)26(35-4)23(15-19)36-17-18-10-8-7-9-11-18;/h12-15,18,20,28H,5-11,16-17H2,1-4H3;1H. The van der Waals surface area contributed by atoms with Gasteiger partial charge in [0.2, 0.25) is 17.2 Å². The van der Waals surface area contributed by atoms with Crippen LogP contribution in [0.15, 0.2) is 24.3 Å². The van der Waals surface area contributed by atoms with Crippen molar-refractivity contribution in [3.63, 3.8) is 0 Å². The lowest BCUT2D eigenvalue weighted by atomic mass is 9.90. The van der Waals surface area contributed by atoms with E-state index in [1.807, 2.05) is 0 Å². The van der Waals surface area contributed by atoms with Crippen LogP contribution in [-0.2, 0) is 6.54 Å². The third-order valence-electron chi connectivity index (χ3n) is 6.92. The van der Waals surface area contributed by atoms with Crippen molar-refractivity contribution in [2.45, 2.75) is 71.4 Å². The van der Waals surface area contributed by atoms with E-state index in [9.17, 15) is 4.79 Å². The Morgan fingerprint density at radius 2 is 1.76 bits per heavy atom. The van der Waals surface area contributed by atoms with Crippen LogP contribution in [0.4, 0.5) is 0 Å². The van der Waals surface area contributed by atoms with E-state index in [2.05, 4.69) is 24.0 Å². The van der Waals surface area contributed by atoms with Gasteiger partial charge in [-0.05, 0) is 49.8 Å². The van der Waals surface area contributed by atoms with E-state index in [4.69, 9.17) is 24.4 Å². The maximum absolute atomic E-state index is 13.3. The number of aromatic nitrogens is 4. The van der Waals surface area contributed by atoms with Crippen molar-refractivity contribution in [1.82, 2.24) is 19.4 Å². The molecule has 0 saturated heterocycles. The van der Waals surface area contributed by atoms with Crippen LogP contribution >= 0.6 is 12.4 Å². The van der Waals surface area contributed by atoms with Crippen LogP contribution in [0.5, 0.6) is 23.1 Å². The number of hydrogen-bond acceptors (Lipinski definition) is 8. The Morgan fingerprint density at radius 1 is 1.05 bits per heavy atom. The average Bonchev–Trinajstić information content (AvgIpc) is 3.24. The molecule has 0 amide bonds. The largest absolute Gasteiger partial charge is 0.493 e. The first kappa shape index (κ1) is 29.3. The lowest BCUT2D eigenvalue weighted by Crippen LogP contribution is -2.26. The molecule has 11 heteroatoms. The topological polar surface area (TPSA) is 113 Å². The fraction of sp³-hybridized carbons (Fsp3) is 0.556. The van der Waals surface area contributed by atoms with Crippen LogP contribution in [0.3, 0.4) is 0 Å². The minimum Gasteiger partial charge on any atom is -0.493 e. The van der Waals surface area contributed by atoms with Crippen molar-refractivity contribution in [1.29, 1.82) is 5.41 Å². The van der Waals surface area contributed by atoms with Crippen LogP contribution in [0, 0.1) is 11.3 Å². The molecule has 0 radical (unpaired) electrons. The van der Waals surface area contributed by atoms with Crippen molar-refractivity contribution >= 4 is 23.8 Å². The first-order valence-electron chi connectivity index (χ1n) is 13.1. The minimum atomic E-state index is -0.237. The SMILES string of the molecule is CCC(CC)Oc1ccc2nn(CC(=O)c3cc(OC)c(OC)c(OCC4CCCCC4)c3)c(=N)n2n1.Cl. The smallest absolute Gasteiger partial charge is 0.242 e. The lowest BCUT2D eigenvalue weighted by Gasteiger charge is -2.23. The molecule has 1 aliphatic carbocycles.